The number of primary amides is 3. The third-order valence-electron chi connectivity index (χ3n) is 6.67. The number of carbonyl (C=O) groups is 7. The monoisotopic (exact) mass is 742 g/mol. The first-order valence-electron chi connectivity index (χ1n) is 16.8. The Bertz CT molecular complexity index is 1290. The van der Waals surface area contributed by atoms with Crippen molar-refractivity contribution >= 4 is 47.3 Å². The van der Waals surface area contributed by atoms with E-state index >= 15 is 0 Å². The molecular formula is C31H58N12O9. The number of aliphatic hydroxyl groups excluding tert-OH is 2. The Balaban J connectivity index is 0. The number of imidazole rings is 1. The molecule has 0 bridgehead atoms. The Hall–Kier alpha value is -5.31. The third kappa shape index (κ3) is 23.2. The zero-order valence-electron chi connectivity index (χ0n) is 30.5. The molecule has 0 aliphatic carbocycles. The van der Waals surface area contributed by atoms with Crippen molar-refractivity contribution in [2.45, 2.75) is 110 Å². The Morgan fingerprint density at radius 3 is 1.85 bits per heavy atom. The minimum atomic E-state index is -1.43. The number of nitrogens with two attached hydrogens (primary N) is 5. The summed E-state index contributed by atoms with van der Waals surface area (Å²) >= 11 is 0. The van der Waals surface area contributed by atoms with Gasteiger partial charge in [0.2, 0.25) is 41.4 Å². The first-order chi connectivity index (χ1) is 24.4. The highest BCUT2D eigenvalue weighted by atomic mass is 16.3. The number of aromatic amines is 1. The van der Waals surface area contributed by atoms with E-state index in [0.29, 0.717) is 18.8 Å². The van der Waals surface area contributed by atoms with Crippen LogP contribution in [0, 0.1) is 5.92 Å². The van der Waals surface area contributed by atoms with Crippen LogP contribution in [0.5, 0.6) is 0 Å². The number of aliphatic imine (C=N–C) groups is 1. The van der Waals surface area contributed by atoms with Crippen LogP contribution in [0.4, 0.5) is 0 Å². The lowest BCUT2D eigenvalue weighted by Gasteiger charge is -2.25. The molecule has 0 saturated carbocycles. The van der Waals surface area contributed by atoms with Gasteiger partial charge in [-0.25, -0.2) is 4.98 Å². The van der Waals surface area contributed by atoms with Gasteiger partial charge in [-0.3, -0.25) is 38.6 Å². The Morgan fingerprint density at radius 2 is 1.38 bits per heavy atom. The molecule has 0 radical (unpaired) electrons. The maximum absolute atomic E-state index is 12.7. The van der Waals surface area contributed by atoms with Gasteiger partial charge in [-0.05, 0) is 32.1 Å². The molecule has 7 amide bonds. The molecule has 0 aliphatic rings. The number of rotatable bonds is 22. The maximum atomic E-state index is 12.7. The van der Waals surface area contributed by atoms with Crippen LogP contribution in [0.1, 0.15) is 78.8 Å². The normalized spacial score (nSPS) is 13.2. The molecule has 52 heavy (non-hydrogen) atoms. The number of amides is 7. The van der Waals surface area contributed by atoms with Gasteiger partial charge in [0.25, 0.3) is 0 Å². The maximum Gasteiger partial charge on any atom is 0.245 e. The Morgan fingerprint density at radius 1 is 0.808 bits per heavy atom. The molecule has 0 aromatic carbocycles. The van der Waals surface area contributed by atoms with Crippen LogP contribution in [0.25, 0.3) is 0 Å². The summed E-state index contributed by atoms with van der Waals surface area (Å²) in [5.74, 6) is -4.77. The molecule has 17 N–H and O–H groups in total. The molecule has 1 rings (SSSR count). The fourth-order valence-electron chi connectivity index (χ4n) is 4.01. The van der Waals surface area contributed by atoms with Crippen molar-refractivity contribution in [3.63, 3.8) is 0 Å². The second-order valence-corrected chi connectivity index (χ2v) is 11.6. The molecule has 0 aliphatic heterocycles. The zero-order valence-corrected chi connectivity index (χ0v) is 30.5. The number of H-pyrrole nitrogens is 1. The van der Waals surface area contributed by atoms with Gasteiger partial charge >= 0.3 is 0 Å². The van der Waals surface area contributed by atoms with Gasteiger partial charge in [0.15, 0.2) is 5.96 Å². The summed E-state index contributed by atoms with van der Waals surface area (Å²) in [7, 11) is 0. The van der Waals surface area contributed by atoms with Gasteiger partial charge in [-0.1, -0.05) is 27.7 Å². The quantitative estimate of drug-likeness (QED) is 0.0307. The summed E-state index contributed by atoms with van der Waals surface area (Å²) in [5, 5.41) is 28.2. The zero-order chi connectivity index (χ0) is 40.4. The van der Waals surface area contributed by atoms with Crippen LogP contribution in [0.3, 0.4) is 0 Å². The highest BCUT2D eigenvalue weighted by Crippen LogP contribution is 2.06. The predicted molar refractivity (Wildman–Crippen MR) is 191 cm³/mol. The van der Waals surface area contributed by atoms with Gasteiger partial charge in [-0.15, -0.1) is 0 Å². The second-order valence-electron chi connectivity index (χ2n) is 11.6. The van der Waals surface area contributed by atoms with E-state index in [1.165, 1.54) is 13.3 Å². The summed E-state index contributed by atoms with van der Waals surface area (Å²) in [6.45, 7) is 8.99. The molecule has 1 heterocycles. The fraction of sp³-hybridized carbons (Fsp3) is 0.645. The lowest BCUT2D eigenvalue weighted by Crippen LogP contribution is -2.58. The van der Waals surface area contributed by atoms with E-state index in [4.69, 9.17) is 33.8 Å². The highest BCUT2D eigenvalue weighted by molar-refractivity contribution is 5.95. The van der Waals surface area contributed by atoms with Crippen molar-refractivity contribution in [1.82, 2.24) is 31.2 Å². The van der Waals surface area contributed by atoms with E-state index in [9.17, 15) is 38.7 Å². The molecule has 5 atom stereocenters. The van der Waals surface area contributed by atoms with Crippen molar-refractivity contribution in [3.05, 3.63) is 18.2 Å². The summed E-state index contributed by atoms with van der Waals surface area (Å²) in [6, 6.07) is -4.79. The van der Waals surface area contributed by atoms with Gasteiger partial charge < -0.3 is 65.1 Å². The van der Waals surface area contributed by atoms with Crippen molar-refractivity contribution in [3.8, 4) is 0 Å². The average Bonchev–Trinajstić information content (AvgIpc) is 3.57. The fourth-order valence-corrected chi connectivity index (χ4v) is 4.01. The van der Waals surface area contributed by atoms with E-state index in [-0.39, 0.29) is 37.7 Å². The van der Waals surface area contributed by atoms with Crippen LogP contribution in [0.15, 0.2) is 17.5 Å². The van der Waals surface area contributed by atoms with E-state index in [2.05, 4.69) is 36.2 Å². The molecule has 3 unspecified atom stereocenters. The minimum absolute atomic E-state index is 0.00643. The van der Waals surface area contributed by atoms with E-state index in [1.807, 2.05) is 27.7 Å². The van der Waals surface area contributed by atoms with Gasteiger partial charge in [-0.2, -0.15) is 0 Å². The molecule has 296 valence electrons. The number of carbonyl (C=O) groups excluding carboxylic acids is 7. The van der Waals surface area contributed by atoms with Crippen LogP contribution in [-0.4, -0.2) is 111 Å². The number of hydrogen-bond acceptors (Lipinski definition) is 11. The summed E-state index contributed by atoms with van der Waals surface area (Å²) in [5.41, 5.74) is 26.7. The van der Waals surface area contributed by atoms with Crippen LogP contribution >= 0.6 is 0 Å². The predicted octanol–water partition coefficient (Wildman–Crippen LogP) is -4.00. The summed E-state index contributed by atoms with van der Waals surface area (Å²) < 4.78 is 0. The number of guanidine groups is 1. The Kier molecular flexibility index (Phi) is 25.7. The lowest BCUT2D eigenvalue weighted by molar-refractivity contribution is -0.135. The van der Waals surface area contributed by atoms with Crippen molar-refractivity contribution < 1.29 is 43.8 Å². The number of nitrogens with zero attached hydrogens (tertiary/aromatic N) is 2. The van der Waals surface area contributed by atoms with E-state index in [1.54, 1.807) is 6.20 Å². The third-order valence-corrected chi connectivity index (χ3v) is 6.67. The first kappa shape index (κ1) is 48.8. The minimum Gasteiger partial charge on any atom is -0.396 e. The molecule has 0 spiro atoms. The standard InChI is InChI=1S/C17H32N8O7.C12H20N4O2.C2H6/c1-8(27)13(25-12(29)4-6-26)16(32)23-9(3-2-5-22-17(20)21)15(31)24-10(14(19)30)7-11(18)28;1-8(2)3-4-11(17)16-10(12(13)18)5-9-6-14-7-15-9;1-2/h8-10,13,26-27H,2-7H2,1H3,(H2,18,28)(H2,19,30)(H,23,32)(H,24,31)(H,25,29)(H4,20,21,22);6-8,10H,3-5H2,1-2H3,(H2,13,18)(H,14,15)(H,16,17);1-2H3/t8-,9+,10?,13?;;/m1../s1. The van der Waals surface area contributed by atoms with Crippen molar-refractivity contribution in [1.29, 1.82) is 0 Å². The van der Waals surface area contributed by atoms with Crippen LogP contribution in [-0.2, 0) is 40.0 Å². The van der Waals surface area contributed by atoms with E-state index < -0.39 is 78.7 Å². The van der Waals surface area contributed by atoms with Crippen molar-refractivity contribution in [2.24, 2.45) is 39.6 Å². The molecule has 21 nitrogen and oxygen atoms in total. The number of nitrogens with one attached hydrogen (secondary N) is 5. The molecule has 0 saturated heterocycles. The van der Waals surface area contributed by atoms with Gasteiger partial charge in [0.05, 0.1) is 25.5 Å². The summed E-state index contributed by atoms with van der Waals surface area (Å²) in [6.07, 6.45) is 2.70. The molecule has 1 aromatic heterocycles. The van der Waals surface area contributed by atoms with Gasteiger partial charge in [0, 0.05) is 37.7 Å². The topological polar surface area (TPSA) is 379 Å². The Labute approximate surface area is 303 Å². The number of hydrogen-bond donors (Lipinski definition) is 12. The second kappa shape index (κ2) is 27.4. The molecular weight excluding hydrogens is 684 g/mol. The molecule has 1 aromatic rings. The first-order valence-corrected chi connectivity index (χ1v) is 16.8. The lowest BCUT2D eigenvalue weighted by atomic mass is 10.1. The summed E-state index contributed by atoms with van der Waals surface area (Å²) in [4.78, 5) is 93.0. The average molecular weight is 743 g/mol. The number of aliphatic hydroxyl groups is 2. The van der Waals surface area contributed by atoms with Gasteiger partial charge in [0.1, 0.15) is 24.2 Å². The number of aromatic nitrogens is 2. The SMILES string of the molecule is CC.CC(C)CCC(=O)NC(Cc1cnc[nH]1)C(N)=O.C[C@@H](O)C(NC(=O)CCO)C(=O)N[C@@H](CCCN=C(N)N)C(=O)NC(CC(N)=O)C(N)=O. The van der Waals surface area contributed by atoms with Crippen molar-refractivity contribution in [2.75, 3.05) is 13.2 Å². The smallest absolute Gasteiger partial charge is 0.245 e. The highest BCUT2D eigenvalue weighted by Gasteiger charge is 2.31. The van der Waals surface area contributed by atoms with Crippen LogP contribution in [0.2, 0.25) is 0 Å². The largest absolute Gasteiger partial charge is 0.396 e. The molecule has 21 heteroatoms. The van der Waals surface area contributed by atoms with Crippen LogP contribution < -0.4 is 49.9 Å². The van der Waals surface area contributed by atoms with E-state index in [0.717, 1.165) is 12.1 Å². The molecule has 0 fully saturated rings.